The van der Waals surface area contributed by atoms with Crippen molar-refractivity contribution in [1.29, 1.82) is 0 Å². The van der Waals surface area contributed by atoms with Gasteiger partial charge >= 0.3 is 0 Å². The zero-order valence-electron chi connectivity index (χ0n) is 16.2. The molecule has 1 N–H and O–H groups in total. The Kier molecular flexibility index (Phi) is 6.20. The summed E-state index contributed by atoms with van der Waals surface area (Å²) in [4.78, 5) is 14.0. The van der Waals surface area contributed by atoms with E-state index in [0.29, 0.717) is 36.9 Å². The molecule has 0 aliphatic carbocycles. The molecule has 1 fully saturated rings. The number of sulfonamides is 1. The van der Waals surface area contributed by atoms with E-state index in [2.05, 4.69) is 11.5 Å². The molecule has 1 saturated heterocycles. The molecule has 1 aliphatic rings. The molecule has 2 aromatic rings. The number of piperazine rings is 1. The molecule has 0 unspecified atom stereocenters. The lowest BCUT2D eigenvalue weighted by Gasteiger charge is -2.30. The second-order valence-electron chi connectivity index (χ2n) is 7.12. The summed E-state index contributed by atoms with van der Waals surface area (Å²) in [6.07, 6.45) is 1.04. The minimum absolute atomic E-state index is 0.148. The zero-order valence-corrected chi connectivity index (χ0v) is 17.8. The molecule has 0 amide bonds. The molecule has 3 heterocycles. The topological polar surface area (TPSA) is 63.8 Å². The average molecular weight is 411 g/mol. The summed E-state index contributed by atoms with van der Waals surface area (Å²) in [6.45, 7) is 9.76. The number of carbonyl (C=O) groups excluding carboxylic acids is 1. The Labute approximate surface area is 165 Å². The van der Waals surface area contributed by atoms with Gasteiger partial charge in [-0.05, 0) is 37.8 Å². The zero-order chi connectivity index (χ0) is 19.6. The smallest absolute Gasteiger partial charge is 0.252 e. The highest BCUT2D eigenvalue weighted by Gasteiger charge is 2.32. The van der Waals surface area contributed by atoms with Crippen LogP contribution in [0, 0.1) is 13.8 Å². The third-order valence-corrected chi connectivity index (χ3v) is 8.52. The molecule has 6 nitrogen and oxygen atoms in total. The van der Waals surface area contributed by atoms with Gasteiger partial charge in [-0.25, -0.2) is 8.42 Å². The summed E-state index contributed by atoms with van der Waals surface area (Å²) < 4.78 is 29.3. The fourth-order valence-corrected chi connectivity index (χ4v) is 6.32. The van der Waals surface area contributed by atoms with Gasteiger partial charge in [0.15, 0.2) is 0 Å². The maximum Gasteiger partial charge on any atom is 0.252 e. The predicted molar refractivity (Wildman–Crippen MR) is 107 cm³/mol. The number of hydrogen-bond acceptors (Lipinski definition) is 4. The van der Waals surface area contributed by atoms with E-state index in [1.54, 1.807) is 21.8 Å². The minimum Gasteiger partial charge on any atom is -0.348 e. The van der Waals surface area contributed by atoms with Crippen molar-refractivity contribution in [3.63, 3.8) is 0 Å². The number of nitrogens with zero attached hydrogens (tertiary/aromatic N) is 2. The van der Waals surface area contributed by atoms with Gasteiger partial charge in [0.2, 0.25) is 5.78 Å². The Balaban J connectivity index is 1.61. The summed E-state index contributed by atoms with van der Waals surface area (Å²) in [5.74, 6) is 0.148. The SMILES string of the molecule is CCCn1c(C)cc(C(=O)C[NH+]2CCN(S(=O)(=O)c3cccs3)CC2)c1C. The third kappa shape index (κ3) is 4.18. The Hall–Kier alpha value is -1.48. The van der Waals surface area contributed by atoms with Crippen LogP contribution >= 0.6 is 11.3 Å². The lowest BCUT2D eigenvalue weighted by Crippen LogP contribution is -3.15. The normalized spacial score (nSPS) is 16.7. The average Bonchev–Trinajstić information content (AvgIpc) is 3.27. The molecule has 0 bridgehead atoms. The Morgan fingerprint density at radius 1 is 1.26 bits per heavy atom. The number of quaternary nitrogens is 1. The van der Waals surface area contributed by atoms with Crippen LogP contribution in [0.2, 0.25) is 0 Å². The monoisotopic (exact) mass is 410 g/mol. The van der Waals surface area contributed by atoms with Gasteiger partial charge in [0.05, 0.1) is 26.2 Å². The largest absolute Gasteiger partial charge is 0.348 e. The third-order valence-electron chi connectivity index (χ3n) is 5.25. The van der Waals surface area contributed by atoms with Crippen molar-refractivity contribution in [1.82, 2.24) is 8.87 Å². The number of Topliss-reactive ketones (excluding diaryl/α,β-unsaturated/α-hetero) is 1. The van der Waals surface area contributed by atoms with Crippen molar-refractivity contribution in [2.75, 3.05) is 32.7 Å². The van der Waals surface area contributed by atoms with Gasteiger partial charge in [-0.2, -0.15) is 4.31 Å². The number of hydrogen-bond donors (Lipinski definition) is 1. The number of aromatic nitrogens is 1. The molecule has 0 spiro atoms. The van der Waals surface area contributed by atoms with E-state index < -0.39 is 10.0 Å². The molecule has 8 heteroatoms. The van der Waals surface area contributed by atoms with E-state index in [0.717, 1.165) is 34.8 Å². The Morgan fingerprint density at radius 2 is 1.96 bits per heavy atom. The van der Waals surface area contributed by atoms with E-state index in [-0.39, 0.29) is 5.78 Å². The molecule has 3 rings (SSSR count). The van der Waals surface area contributed by atoms with E-state index in [4.69, 9.17) is 0 Å². The summed E-state index contributed by atoms with van der Waals surface area (Å²) >= 11 is 1.25. The maximum absolute atomic E-state index is 12.8. The van der Waals surface area contributed by atoms with Crippen molar-refractivity contribution in [2.24, 2.45) is 0 Å². The van der Waals surface area contributed by atoms with Gasteiger partial charge in [0.1, 0.15) is 10.8 Å². The fraction of sp³-hybridized carbons (Fsp3) is 0.526. The van der Waals surface area contributed by atoms with Crippen LogP contribution in [0.25, 0.3) is 0 Å². The van der Waals surface area contributed by atoms with Crippen LogP contribution in [0.15, 0.2) is 27.8 Å². The van der Waals surface area contributed by atoms with Gasteiger partial charge in [0.25, 0.3) is 10.0 Å². The number of nitrogens with one attached hydrogen (secondary N) is 1. The molecule has 148 valence electrons. The molecule has 0 aromatic carbocycles. The first-order valence-electron chi connectivity index (χ1n) is 9.41. The Morgan fingerprint density at radius 3 is 2.56 bits per heavy atom. The summed E-state index contributed by atoms with van der Waals surface area (Å²) in [7, 11) is -3.39. The van der Waals surface area contributed by atoms with Gasteiger partial charge in [0, 0.05) is 23.5 Å². The van der Waals surface area contributed by atoms with Crippen LogP contribution in [0.3, 0.4) is 0 Å². The van der Waals surface area contributed by atoms with Crippen LogP contribution < -0.4 is 4.90 Å². The van der Waals surface area contributed by atoms with Crippen LogP contribution in [-0.4, -0.2) is 55.8 Å². The number of carbonyl (C=O) groups is 1. The van der Waals surface area contributed by atoms with E-state index in [1.165, 1.54) is 11.3 Å². The van der Waals surface area contributed by atoms with Crippen molar-refractivity contribution in [3.8, 4) is 0 Å². The number of aryl methyl sites for hydroxylation is 1. The standard InChI is InChI=1S/C19H27N3O3S2/c1-4-7-22-15(2)13-17(16(22)3)18(23)14-20-8-10-21(11-9-20)27(24,25)19-6-5-12-26-19/h5-6,12-13H,4,7-11,14H2,1-3H3/p+1. The van der Waals surface area contributed by atoms with Gasteiger partial charge < -0.3 is 9.47 Å². The van der Waals surface area contributed by atoms with Crippen LogP contribution in [0.5, 0.6) is 0 Å². The quantitative estimate of drug-likeness (QED) is 0.701. The first-order chi connectivity index (χ1) is 12.8. The van der Waals surface area contributed by atoms with Crippen molar-refractivity contribution >= 4 is 27.1 Å². The van der Waals surface area contributed by atoms with E-state index >= 15 is 0 Å². The van der Waals surface area contributed by atoms with Crippen LogP contribution in [0.1, 0.15) is 35.1 Å². The first kappa shape index (κ1) is 20.3. The molecule has 1 aliphatic heterocycles. The van der Waals surface area contributed by atoms with Crippen LogP contribution in [0.4, 0.5) is 0 Å². The van der Waals surface area contributed by atoms with Crippen molar-refractivity contribution in [3.05, 3.63) is 40.5 Å². The van der Waals surface area contributed by atoms with Gasteiger partial charge in [-0.15, -0.1) is 11.3 Å². The predicted octanol–water partition coefficient (Wildman–Crippen LogP) is 1.35. The number of ketones is 1. The summed E-state index contributed by atoms with van der Waals surface area (Å²) in [6, 6.07) is 5.39. The molecule has 0 radical (unpaired) electrons. The maximum atomic E-state index is 12.8. The number of rotatable bonds is 7. The second kappa shape index (κ2) is 8.26. The molecular weight excluding hydrogens is 382 g/mol. The lowest BCUT2D eigenvalue weighted by atomic mass is 10.1. The highest BCUT2D eigenvalue weighted by Crippen LogP contribution is 2.20. The Bertz CT molecular complexity index is 893. The molecule has 27 heavy (non-hydrogen) atoms. The van der Waals surface area contributed by atoms with Crippen molar-refractivity contribution in [2.45, 2.75) is 37.9 Å². The lowest BCUT2D eigenvalue weighted by molar-refractivity contribution is -0.895. The molecule has 0 atom stereocenters. The molecule has 2 aromatic heterocycles. The van der Waals surface area contributed by atoms with Gasteiger partial charge in [-0.3, -0.25) is 4.79 Å². The number of thiophene rings is 1. The van der Waals surface area contributed by atoms with Crippen LogP contribution in [-0.2, 0) is 16.6 Å². The highest BCUT2D eigenvalue weighted by molar-refractivity contribution is 7.91. The van der Waals surface area contributed by atoms with Gasteiger partial charge in [-0.1, -0.05) is 13.0 Å². The van der Waals surface area contributed by atoms with E-state index in [9.17, 15) is 13.2 Å². The summed E-state index contributed by atoms with van der Waals surface area (Å²) in [5, 5.41) is 1.78. The fourth-order valence-electron chi connectivity index (χ4n) is 3.73. The van der Waals surface area contributed by atoms with Crippen molar-refractivity contribution < 1.29 is 18.1 Å². The minimum atomic E-state index is -3.39. The second-order valence-corrected chi connectivity index (χ2v) is 10.2. The summed E-state index contributed by atoms with van der Waals surface area (Å²) in [5.41, 5.74) is 2.97. The molecular formula is C19H28N3O3S2+. The highest BCUT2D eigenvalue weighted by atomic mass is 32.2. The molecule has 0 saturated carbocycles. The van der Waals surface area contributed by atoms with E-state index in [1.807, 2.05) is 19.9 Å². The first-order valence-corrected chi connectivity index (χ1v) is 11.7.